The molecule has 0 saturated heterocycles. The maximum Gasteiger partial charge on any atom is 0.573 e. The normalized spacial score (nSPS) is 11.5. The first-order chi connectivity index (χ1) is 8.49. The first-order valence-electron chi connectivity index (χ1n) is 5.25. The highest BCUT2D eigenvalue weighted by Crippen LogP contribution is 2.29. The van der Waals surface area contributed by atoms with Crippen LogP contribution in [0.5, 0.6) is 5.75 Å². The van der Waals surface area contributed by atoms with Gasteiger partial charge in [0.2, 0.25) is 0 Å². The van der Waals surface area contributed by atoms with E-state index in [1.165, 1.54) is 12.1 Å². The van der Waals surface area contributed by atoms with Crippen LogP contribution in [-0.2, 0) is 6.42 Å². The summed E-state index contributed by atoms with van der Waals surface area (Å²) in [6, 6.07) is 7.90. The second-order valence-electron chi connectivity index (χ2n) is 3.67. The average Bonchev–Trinajstić information content (AvgIpc) is 2.28. The third-order valence-corrected chi connectivity index (χ3v) is 2.32. The number of aromatic nitrogens is 1. The van der Waals surface area contributed by atoms with Gasteiger partial charge in [-0.2, -0.15) is 0 Å². The van der Waals surface area contributed by atoms with Crippen molar-refractivity contribution in [3.8, 4) is 5.75 Å². The molecular weight excluding hydrogens is 243 g/mol. The number of fused-ring (bicyclic) bond motifs is 1. The van der Waals surface area contributed by atoms with Gasteiger partial charge in [-0.15, -0.1) is 19.8 Å². The van der Waals surface area contributed by atoms with Crippen LogP contribution < -0.4 is 4.74 Å². The van der Waals surface area contributed by atoms with Gasteiger partial charge >= 0.3 is 6.36 Å². The Balaban J connectivity index is 2.51. The van der Waals surface area contributed by atoms with Crippen LogP contribution in [0.4, 0.5) is 13.2 Å². The molecule has 0 amide bonds. The van der Waals surface area contributed by atoms with Crippen LogP contribution in [0.2, 0.25) is 0 Å². The Kier molecular flexibility index (Phi) is 3.23. The van der Waals surface area contributed by atoms with E-state index in [2.05, 4.69) is 16.3 Å². The molecule has 94 valence electrons. The summed E-state index contributed by atoms with van der Waals surface area (Å²) in [6.07, 6.45) is -2.58. The van der Waals surface area contributed by atoms with E-state index < -0.39 is 6.36 Å². The van der Waals surface area contributed by atoms with Gasteiger partial charge in [-0.1, -0.05) is 24.3 Å². The molecule has 1 aromatic carbocycles. The van der Waals surface area contributed by atoms with Crippen LogP contribution in [0.3, 0.4) is 0 Å². The minimum absolute atomic E-state index is 0.203. The molecule has 5 heteroatoms. The Morgan fingerprint density at radius 2 is 2.00 bits per heavy atom. The first-order valence-corrected chi connectivity index (χ1v) is 5.25. The van der Waals surface area contributed by atoms with Crippen molar-refractivity contribution in [3.05, 3.63) is 48.7 Å². The van der Waals surface area contributed by atoms with Crippen molar-refractivity contribution >= 4 is 10.9 Å². The van der Waals surface area contributed by atoms with Crippen LogP contribution in [0.1, 0.15) is 5.69 Å². The standard InChI is InChI=1S/C13H10F3NO/c1-2-4-10-8-7-9-5-3-6-11(12(9)17-10)18-13(14,15)16/h2-3,5-8H,1,4H2. The summed E-state index contributed by atoms with van der Waals surface area (Å²) >= 11 is 0. The van der Waals surface area contributed by atoms with Crippen LogP contribution in [0.15, 0.2) is 43.0 Å². The van der Waals surface area contributed by atoms with Crippen LogP contribution in [-0.4, -0.2) is 11.3 Å². The van der Waals surface area contributed by atoms with Crippen LogP contribution in [0.25, 0.3) is 10.9 Å². The predicted octanol–water partition coefficient (Wildman–Crippen LogP) is 3.86. The number of allylic oxidation sites excluding steroid dienone is 1. The molecule has 0 radical (unpaired) electrons. The van der Waals surface area contributed by atoms with Gasteiger partial charge in [-0.3, -0.25) is 0 Å². The lowest BCUT2D eigenvalue weighted by Gasteiger charge is -2.11. The topological polar surface area (TPSA) is 22.1 Å². The van der Waals surface area contributed by atoms with E-state index in [9.17, 15) is 13.2 Å². The maximum atomic E-state index is 12.3. The zero-order valence-corrected chi connectivity index (χ0v) is 9.37. The van der Waals surface area contributed by atoms with Gasteiger partial charge in [-0.05, 0) is 12.1 Å². The van der Waals surface area contributed by atoms with E-state index in [0.717, 1.165) is 0 Å². The van der Waals surface area contributed by atoms with Crippen LogP contribution in [0, 0.1) is 0 Å². The van der Waals surface area contributed by atoms with E-state index >= 15 is 0 Å². The SMILES string of the molecule is C=CCc1ccc2cccc(OC(F)(F)F)c2n1. The highest BCUT2D eigenvalue weighted by Gasteiger charge is 2.32. The zero-order valence-electron chi connectivity index (χ0n) is 9.37. The van der Waals surface area contributed by atoms with Gasteiger partial charge in [-0.25, -0.2) is 4.98 Å². The maximum absolute atomic E-state index is 12.3. The fraction of sp³-hybridized carbons (Fsp3) is 0.154. The monoisotopic (exact) mass is 253 g/mol. The largest absolute Gasteiger partial charge is 0.573 e. The summed E-state index contributed by atoms with van der Waals surface area (Å²) in [5.74, 6) is -0.286. The highest BCUT2D eigenvalue weighted by atomic mass is 19.4. The minimum atomic E-state index is -4.72. The van der Waals surface area contributed by atoms with Crippen molar-refractivity contribution in [2.75, 3.05) is 0 Å². The molecule has 0 saturated carbocycles. The smallest absolute Gasteiger partial charge is 0.403 e. The number of pyridine rings is 1. The Bertz CT molecular complexity index is 578. The molecule has 0 bridgehead atoms. The predicted molar refractivity (Wildman–Crippen MR) is 62.3 cm³/mol. The van der Waals surface area contributed by atoms with Crippen molar-refractivity contribution in [1.82, 2.24) is 4.98 Å². The summed E-state index contributed by atoms with van der Waals surface area (Å²) in [4.78, 5) is 4.15. The van der Waals surface area contributed by atoms with Crippen molar-refractivity contribution in [2.45, 2.75) is 12.8 Å². The number of benzene rings is 1. The molecule has 0 fully saturated rings. The molecule has 1 aromatic heterocycles. The third-order valence-electron chi connectivity index (χ3n) is 2.32. The third kappa shape index (κ3) is 2.80. The molecule has 1 heterocycles. The molecule has 0 aliphatic heterocycles. The number of alkyl halides is 3. The summed E-state index contributed by atoms with van der Waals surface area (Å²) in [6.45, 7) is 3.57. The number of hydrogen-bond donors (Lipinski definition) is 0. The van der Waals surface area contributed by atoms with Gasteiger partial charge in [0.1, 0.15) is 5.52 Å². The number of rotatable bonds is 3. The molecule has 2 nitrogen and oxygen atoms in total. The number of nitrogens with zero attached hydrogens (tertiary/aromatic N) is 1. The number of halogens is 3. The molecular formula is C13H10F3NO. The Hall–Kier alpha value is -2.04. The summed E-state index contributed by atoms with van der Waals surface area (Å²) in [5, 5.41) is 0.601. The summed E-state index contributed by atoms with van der Waals surface area (Å²) in [7, 11) is 0. The quantitative estimate of drug-likeness (QED) is 0.775. The molecule has 0 spiro atoms. The Labute approximate surface area is 102 Å². The van der Waals surface area contributed by atoms with Crippen molar-refractivity contribution in [1.29, 1.82) is 0 Å². The molecule has 2 aromatic rings. The van der Waals surface area contributed by atoms with Crippen molar-refractivity contribution in [2.24, 2.45) is 0 Å². The summed E-state index contributed by atoms with van der Waals surface area (Å²) in [5.41, 5.74) is 0.852. The lowest BCUT2D eigenvalue weighted by molar-refractivity contribution is -0.274. The van der Waals surface area contributed by atoms with Gasteiger partial charge < -0.3 is 4.74 Å². The number of hydrogen-bond acceptors (Lipinski definition) is 2. The Morgan fingerprint density at radius 1 is 1.22 bits per heavy atom. The Morgan fingerprint density at radius 3 is 2.67 bits per heavy atom. The van der Waals surface area contributed by atoms with E-state index in [1.807, 2.05) is 0 Å². The molecule has 18 heavy (non-hydrogen) atoms. The number of para-hydroxylation sites is 1. The fourth-order valence-electron chi connectivity index (χ4n) is 1.63. The van der Waals surface area contributed by atoms with E-state index in [4.69, 9.17) is 0 Å². The van der Waals surface area contributed by atoms with Crippen molar-refractivity contribution in [3.63, 3.8) is 0 Å². The van der Waals surface area contributed by atoms with E-state index in [-0.39, 0.29) is 11.3 Å². The molecule has 0 aliphatic carbocycles. The second-order valence-corrected chi connectivity index (χ2v) is 3.67. The second kappa shape index (κ2) is 4.68. The molecule has 2 rings (SSSR count). The molecule has 0 N–H and O–H groups in total. The average molecular weight is 253 g/mol. The fourth-order valence-corrected chi connectivity index (χ4v) is 1.63. The van der Waals surface area contributed by atoms with Crippen molar-refractivity contribution < 1.29 is 17.9 Å². The lowest BCUT2D eigenvalue weighted by atomic mass is 10.1. The highest BCUT2D eigenvalue weighted by molar-refractivity contribution is 5.84. The van der Waals surface area contributed by atoms with Gasteiger partial charge in [0.05, 0.1) is 0 Å². The lowest BCUT2D eigenvalue weighted by Crippen LogP contribution is -2.17. The minimum Gasteiger partial charge on any atom is -0.403 e. The van der Waals surface area contributed by atoms with Gasteiger partial charge in [0.15, 0.2) is 5.75 Å². The van der Waals surface area contributed by atoms with Gasteiger partial charge in [0, 0.05) is 17.5 Å². The molecule has 0 aliphatic rings. The van der Waals surface area contributed by atoms with E-state index in [1.54, 1.807) is 24.3 Å². The first kappa shape index (κ1) is 12.4. The summed E-state index contributed by atoms with van der Waals surface area (Å²) < 4.78 is 40.7. The number of ether oxygens (including phenoxy) is 1. The van der Waals surface area contributed by atoms with Crippen LogP contribution >= 0.6 is 0 Å². The molecule has 0 atom stereocenters. The van der Waals surface area contributed by atoms with Gasteiger partial charge in [0.25, 0.3) is 0 Å². The van der Waals surface area contributed by atoms with E-state index in [0.29, 0.717) is 17.5 Å². The molecule has 0 unspecified atom stereocenters. The zero-order chi connectivity index (χ0) is 13.2.